The number of alkyl halides is 3. The van der Waals surface area contributed by atoms with E-state index in [0.29, 0.717) is 31.3 Å². The number of nitrogens with zero attached hydrogens (tertiary/aromatic N) is 3. The zero-order valence-corrected chi connectivity index (χ0v) is 20.4. The zero-order valence-electron chi connectivity index (χ0n) is 19.6. The quantitative estimate of drug-likeness (QED) is 0.433. The molecule has 3 aromatic rings. The number of aromatic nitrogens is 2. The predicted octanol–water partition coefficient (Wildman–Crippen LogP) is 5.18. The molecule has 2 aromatic carbocycles. The summed E-state index contributed by atoms with van der Waals surface area (Å²) in [6, 6.07) is 10.3. The number of amides is 1. The Morgan fingerprint density at radius 3 is 2.58 bits per heavy atom. The van der Waals surface area contributed by atoms with Gasteiger partial charge in [-0.3, -0.25) is 9.69 Å². The molecule has 0 radical (unpaired) electrons. The monoisotopic (exact) mass is 524 g/mol. The van der Waals surface area contributed by atoms with E-state index >= 15 is 0 Å². The van der Waals surface area contributed by atoms with Crippen LogP contribution in [0.15, 0.2) is 48.5 Å². The first-order chi connectivity index (χ1) is 17.2. The summed E-state index contributed by atoms with van der Waals surface area (Å²) in [7, 11) is 1.54. The number of rotatable bonds is 7. The molecule has 11 heteroatoms. The SMILES string of the molecule is CCc1nc(Cl)c2n1CCN([C@@H](C(=O)NC)c1ccccc1)[C@H]2COc1ccc(F)c(C(F)(F)F)c1. The van der Waals surface area contributed by atoms with Gasteiger partial charge in [-0.15, -0.1) is 0 Å². The van der Waals surface area contributed by atoms with E-state index in [1.54, 1.807) is 0 Å². The van der Waals surface area contributed by atoms with Gasteiger partial charge in [0.1, 0.15) is 30.0 Å². The van der Waals surface area contributed by atoms with Gasteiger partial charge < -0.3 is 14.6 Å². The number of aryl methyl sites for hydroxylation is 1. The van der Waals surface area contributed by atoms with Gasteiger partial charge in [0.15, 0.2) is 5.15 Å². The zero-order chi connectivity index (χ0) is 26.0. The lowest BCUT2D eigenvalue weighted by molar-refractivity contribution is -0.140. The minimum Gasteiger partial charge on any atom is -0.492 e. The number of halogens is 5. The van der Waals surface area contributed by atoms with Crippen molar-refractivity contribution >= 4 is 17.5 Å². The topological polar surface area (TPSA) is 59.4 Å². The molecule has 0 aliphatic carbocycles. The lowest BCUT2D eigenvalue weighted by Gasteiger charge is -2.41. The Bertz CT molecular complexity index is 1230. The molecule has 2 heterocycles. The first-order valence-corrected chi connectivity index (χ1v) is 11.8. The van der Waals surface area contributed by atoms with Crippen LogP contribution >= 0.6 is 11.6 Å². The van der Waals surface area contributed by atoms with Crippen LogP contribution in [-0.4, -0.2) is 40.6 Å². The molecule has 192 valence electrons. The minimum atomic E-state index is -4.87. The van der Waals surface area contributed by atoms with Gasteiger partial charge in [0.25, 0.3) is 0 Å². The number of likely N-dealkylation sites (N-methyl/N-ethyl adjacent to an activating group) is 1. The predicted molar refractivity (Wildman–Crippen MR) is 126 cm³/mol. The molecular weight excluding hydrogens is 500 g/mol. The van der Waals surface area contributed by atoms with Crippen molar-refractivity contribution in [1.29, 1.82) is 0 Å². The second-order valence-corrected chi connectivity index (χ2v) is 8.70. The summed E-state index contributed by atoms with van der Waals surface area (Å²) in [5, 5.41) is 2.94. The molecule has 0 fully saturated rings. The lowest BCUT2D eigenvalue weighted by atomic mass is 9.99. The fourth-order valence-electron chi connectivity index (χ4n) is 4.58. The Labute approximate surface area is 210 Å². The van der Waals surface area contributed by atoms with Crippen LogP contribution in [0.2, 0.25) is 5.15 Å². The van der Waals surface area contributed by atoms with Gasteiger partial charge in [0, 0.05) is 26.6 Å². The number of hydrogen-bond acceptors (Lipinski definition) is 4. The molecular formula is C25H25ClF4N4O2. The number of ether oxygens (including phenoxy) is 1. The summed E-state index contributed by atoms with van der Waals surface area (Å²) in [6.45, 7) is 2.75. The van der Waals surface area contributed by atoms with Crippen LogP contribution in [0.3, 0.4) is 0 Å². The van der Waals surface area contributed by atoms with Gasteiger partial charge in [-0.1, -0.05) is 48.9 Å². The van der Waals surface area contributed by atoms with Crippen molar-refractivity contribution in [2.45, 2.75) is 38.1 Å². The maximum Gasteiger partial charge on any atom is 0.419 e. The van der Waals surface area contributed by atoms with Crippen LogP contribution in [0.5, 0.6) is 5.75 Å². The highest BCUT2D eigenvalue weighted by atomic mass is 35.5. The van der Waals surface area contributed by atoms with Gasteiger partial charge >= 0.3 is 6.18 Å². The smallest absolute Gasteiger partial charge is 0.419 e. The second-order valence-electron chi connectivity index (χ2n) is 8.34. The summed E-state index contributed by atoms with van der Waals surface area (Å²) in [5.74, 6) is -1.03. The fraction of sp³-hybridized carbons (Fsp3) is 0.360. The number of hydrogen-bond donors (Lipinski definition) is 1. The van der Waals surface area contributed by atoms with Gasteiger partial charge in [-0.2, -0.15) is 13.2 Å². The third-order valence-corrected chi connectivity index (χ3v) is 6.53. The van der Waals surface area contributed by atoms with Crippen molar-refractivity contribution in [3.8, 4) is 5.75 Å². The first-order valence-electron chi connectivity index (χ1n) is 11.4. The van der Waals surface area contributed by atoms with Crippen molar-refractivity contribution < 1.29 is 27.1 Å². The number of imidazole rings is 1. The highest BCUT2D eigenvalue weighted by Crippen LogP contribution is 2.39. The maximum absolute atomic E-state index is 13.8. The molecule has 4 rings (SSSR count). The third kappa shape index (κ3) is 5.05. The van der Waals surface area contributed by atoms with E-state index in [0.717, 1.165) is 23.5 Å². The van der Waals surface area contributed by atoms with Gasteiger partial charge in [0.05, 0.1) is 17.3 Å². The number of fused-ring (bicyclic) bond motifs is 1. The van der Waals surface area contributed by atoms with Crippen LogP contribution in [-0.2, 0) is 23.9 Å². The highest BCUT2D eigenvalue weighted by Gasteiger charge is 2.40. The van der Waals surface area contributed by atoms with E-state index in [2.05, 4.69) is 10.3 Å². The number of carbonyl (C=O) groups excluding carboxylic acids is 1. The molecule has 6 nitrogen and oxygen atoms in total. The van der Waals surface area contributed by atoms with Crippen LogP contribution in [0.25, 0.3) is 0 Å². The number of nitrogens with one attached hydrogen (secondary N) is 1. The normalized spacial score (nSPS) is 16.9. The Morgan fingerprint density at radius 2 is 1.94 bits per heavy atom. The first kappa shape index (κ1) is 26.0. The second kappa shape index (κ2) is 10.5. The van der Waals surface area contributed by atoms with E-state index in [1.165, 1.54) is 7.05 Å². The van der Waals surface area contributed by atoms with E-state index in [4.69, 9.17) is 16.3 Å². The van der Waals surface area contributed by atoms with Crippen molar-refractivity contribution in [1.82, 2.24) is 19.8 Å². The summed E-state index contributed by atoms with van der Waals surface area (Å²) in [5.41, 5.74) is -0.0603. The summed E-state index contributed by atoms with van der Waals surface area (Å²) in [6.07, 6.45) is -4.24. The van der Waals surface area contributed by atoms with Crippen LogP contribution in [0, 0.1) is 5.82 Å². The van der Waals surface area contributed by atoms with Crippen molar-refractivity contribution in [2.75, 3.05) is 20.2 Å². The Morgan fingerprint density at radius 1 is 1.22 bits per heavy atom. The van der Waals surface area contributed by atoms with Crippen molar-refractivity contribution in [3.05, 3.63) is 82.1 Å². The van der Waals surface area contributed by atoms with E-state index in [9.17, 15) is 22.4 Å². The molecule has 1 N–H and O–H groups in total. The summed E-state index contributed by atoms with van der Waals surface area (Å²) < 4.78 is 61.2. The molecule has 0 unspecified atom stereocenters. The summed E-state index contributed by atoms with van der Waals surface area (Å²) in [4.78, 5) is 19.4. The van der Waals surface area contributed by atoms with E-state index in [1.807, 2.05) is 46.7 Å². The lowest BCUT2D eigenvalue weighted by Crippen LogP contribution is -2.47. The number of benzene rings is 2. The molecule has 36 heavy (non-hydrogen) atoms. The minimum absolute atomic E-state index is 0.141. The van der Waals surface area contributed by atoms with Crippen LogP contribution in [0.4, 0.5) is 17.6 Å². The third-order valence-electron chi connectivity index (χ3n) is 6.25. The molecule has 1 amide bonds. The van der Waals surface area contributed by atoms with Gasteiger partial charge in [-0.25, -0.2) is 9.37 Å². The Kier molecular flexibility index (Phi) is 7.56. The molecule has 0 bridgehead atoms. The highest BCUT2D eigenvalue weighted by molar-refractivity contribution is 6.30. The Balaban J connectivity index is 1.74. The van der Waals surface area contributed by atoms with Crippen LogP contribution in [0.1, 0.15) is 41.7 Å². The van der Waals surface area contributed by atoms with Gasteiger partial charge in [0.2, 0.25) is 5.91 Å². The van der Waals surface area contributed by atoms with E-state index < -0.39 is 29.6 Å². The molecule has 0 saturated carbocycles. The number of carbonyl (C=O) groups is 1. The van der Waals surface area contributed by atoms with Crippen molar-refractivity contribution in [2.24, 2.45) is 0 Å². The van der Waals surface area contributed by atoms with E-state index in [-0.39, 0.29) is 23.4 Å². The standard InChI is InChI=1S/C25H25ClF4N4O2/c1-3-20-32-23(26)22-19(14-36-16-9-10-18(27)17(13-16)25(28,29)30)33(11-12-34(20)22)21(24(35)31-2)15-7-5-4-6-8-15/h4-10,13,19,21H,3,11-12,14H2,1-2H3,(H,31,35)/t19-,21+/m0/s1. The average molecular weight is 525 g/mol. The molecule has 1 aliphatic rings. The Hall–Kier alpha value is -3.11. The average Bonchev–Trinajstić information content (AvgIpc) is 3.19. The molecule has 2 atom stereocenters. The molecule has 0 saturated heterocycles. The molecule has 1 aromatic heterocycles. The molecule has 0 spiro atoms. The fourth-order valence-corrected chi connectivity index (χ4v) is 4.91. The van der Waals surface area contributed by atoms with Crippen LogP contribution < -0.4 is 10.1 Å². The summed E-state index contributed by atoms with van der Waals surface area (Å²) >= 11 is 6.54. The largest absolute Gasteiger partial charge is 0.492 e. The van der Waals surface area contributed by atoms with Crippen molar-refractivity contribution in [3.63, 3.8) is 0 Å². The maximum atomic E-state index is 13.8. The van der Waals surface area contributed by atoms with Gasteiger partial charge in [-0.05, 0) is 23.8 Å². The molecule has 1 aliphatic heterocycles.